The molecule has 19 heavy (non-hydrogen) atoms. The minimum absolute atomic E-state index is 0.0233. The first-order valence-corrected chi connectivity index (χ1v) is 7.89. The van der Waals surface area contributed by atoms with E-state index in [-0.39, 0.29) is 21.5 Å². The molecule has 0 aliphatic heterocycles. The second-order valence-corrected chi connectivity index (χ2v) is 6.65. The molecule has 2 N–H and O–H groups in total. The van der Waals surface area contributed by atoms with E-state index in [2.05, 4.69) is 6.58 Å². The highest BCUT2D eigenvalue weighted by atomic mass is 35.5. The number of rotatable bonds is 6. The number of hydrogen-bond acceptors (Lipinski definition) is 3. The first kappa shape index (κ1) is 16.3. The molecule has 0 amide bonds. The molecule has 106 valence electrons. The molecule has 1 rings (SSSR count). The van der Waals surface area contributed by atoms with E-state index in [0.717, 1.165) is 0 Å². The van der Waals surface area contributed by atoms with E-state index < -0.39 is 10.0 Å². The van der Waals surface area contributed by atoms with Crippen LogP contribution in [0.5, 0.6) is 0 Å². The van der Waals surface area contributed by atoms with Crippen LogP contribution in [0.2, 0.25) is 10.0 Å². The maximum absolute atomic E-state index is 12.5. The quantitative estimate of drug-likeness (QED) is 0.646. The van der Waals surface area contributed by atoms with Gasteiger partial charge in [-0.15, -0.1) is 6.58 Å². The van der Waals surface area contributed by atoms with Crippen molar-refractivity contribution in [3.63, 3.8) is 0 Å². The standard InChI is InChI=1S/C12H16Cl2N2O2S/c1-3-5-16(6-4-2)19(17,18)12-10(13)7-9(15)8-11(12)14/h3,7-8H,1,4-6,15H2,2H3. The van der Waals surface area contributed by atoms with Crippen molar-refractivity contribution in [2.24, 2.45) is 0 Å². The Hall–Kier alpha value is -0.750. The Morgan fingerprint density at radius 3 is 2.32 bits per heavy atom. The van der Waals surface area contributed by atoms with Gasteiger partial charge >= 0.3 is 0 Å². The van der Waals surface area contributed by atoms with Crippen molar-refractivity contribution in [3.8, 4) is 0 Å². The van der Waals surface area contributed by atoms with Gasteiger partial charge in [0.2, 0.25) is 10.0 Å². The van der Waals surface area contributed by atoms with E-state index in [1.165, 1.54) is 22.5 Å². The molecule has 0 aliphatic rings. The third-order valence-corrected chi connectivity index (χ3v) is 5.21. The largest absolute Gasteiger partial charge is 0.399 e. The fraction of sp³-hybridized carbons (Fsp3) is 0.333. The SMILES string of the molecule is C=CCN(CCC)S(=O)(=O)c1c(Cl)cc(N)cc1Cl. The molecule has 0 aliphatic carbocycles. The topological polar surface area (TPSA) is 63.4 Å². The summed E-state index contributed by atoms with van der Waals surface area (Å²) in [6.07, 6.45) is 2.20. The fourth-order valence-corrected chi connectivity index (χ4v) is 4.34. The van der Waals surface area contributed by atoms with Crippen LogP contribution in [0.15, 0.2) is 29.7 Å². The highest BCUT2D eigenvalue weighted by Crippen LogP contribution is 2.33. The lowest BCUT2D eigenvalue weighted by Gasteiger charge is -2.21. The van der Waals surface area contributed by atoms with Gasteiger partial charge in [0.05, 0.1) is 10.0 Å². The van der Waals surface area contributed by atoms with Crippen LogP contribution in [-0.2, 0) is 10.0 Å². The molecule has 1 aromatic carbocycles. The summed E-state index contributed by atoms with van der Waals surface area (Å²) in [5, 5.41) is 0.0466. The van der Waals surface area contributed by atoms with Gasteiger partial charge in [0.1, 0.15) is 4.90 Å². The summed E-state index contributed by atoms with van der Waals surface area (Å²) in [6, 6.07) is 2.75. The average molecular weight is 323 g/mol. The third kappa shape index (κ3) is 3.63. The van der Waals surface area contributed by atoms with Gasteiger partial charge < -0.3 is 5.73 Å². The highest BCUT2D eigenvalue weighted by Gasteiger charge is 2.28. The summed E-state index contributed by atoms with van der Waals surface area (Å²) in [5.41, 5.74) is 5.89. The lowest BCUT2D eigenvalue weighted by Crippen LogP contribution is -2.32. The molecular formula is C12H16Cl2N2O2S. The van der Waals surface area contributed by atoms with Crippen LogP contribution in [0.1, 0.15) is 13.3 Å². The molecule has 0 radical (unpaired) electrons. The van der Waals surface area contributed by atoms with Crippen molar-refractivity contribution in [2.75, 3.05) is 18.8 Å². The van der Waals surface area contributed by atoms with Gasteiger partial charge in [-0.2, -0.15) is 4.31 Å². The third-order valence-electron chi connectivity index (χ3n) is 2.42. The molecule has 4 nitrogen and oxygen atoms in total. The molecule has 0 spiro atoms. The average Bonchev–Trinajstić information content (AvgIpc) is 2.26. The lowest BCUT2D eigenvalue weighted by atomic mass is 10.3. The zero-order valence-corrected chi connectivity index (χ0v) is 12.9. The van der Waals surface area contributed by atoms with E-state index in [4.69, 9.17) is 28.9 Å². The number of halogens is 2. The van der Waals surface area contributed by atoms with Crippen LogP contribution in [0.4, 0.5) is 5.69 Å². The Kier molecular flexibility index (Phi) is 5.67. The zero-order chi connectivity index (χ0) is 14.6. The van der Waals surface area contributed by atoms with Crippen LogP contribution < -0.4 is 5.73 Å². The molecule has 0 atom stereocenters. The summed E-state index contributed by atoms with van der Waals surface area (Å²) in [6.45, 7) is 6.01. The van der Waals surface area contributed by atoms with Crippen molar-refractivity contribution < 1.29 is 8.42 Å². The second-order valence-electron chi connectivity index (χ2n) is 3.97. The molecule has 0 saturated carbocycles. The first-order chi connectivity index (χ1) is 8.84. The van der Waals surface area contributed by atoms with Crippen molar-refractivity contribution in [1.82, 2.24) is 4.31 Å². The number of sulfonamides is 1. The zero-order valence-electron chi connectivity index (χ0n) is 10.6. The van der Waals surface area contributed by atoms with Crippen LogP contribution in [-0.4, -0.2) is 25.8 Å². The number of nitrogens with zero attached hydrogens (tertiary/aromatic N) is 1. The molecular weight excluding hydrogens is 307 g/mol. The predicted octanol–water partition coefficient (Wildman–Crippen LogP) is 3.16. The molecule has 0 bridgehead atoms. The summed E-state index contributed by atoms with van der Waals surface area (Å²) in [4.78, 5) is -0.111. The smallest absolute Gasteiger partial charge is 0.246 e. The van der Waals surface area contributed by atoms with E-state index >= 15 is 0 Å². The fourth-order valence-electron chi connectivity index (χ4n) is 1.66. The van der Waals surface area contributed by atoms with Crippen LogP contribution in [0.3, 0.4) is 0 Å². The monoisotopic (exact) mass is 322 g/mol. The molecule has 7 heteroatoms. The maximum atomic E-state index is 12.5. The summed E-state index contributed by atoms with van der Waals surface area (Å²) < 4.78 is 26.3. The molecule has 1 aromatic rings. The number of hydrogen-bond donors (Lipinski definition) is 1. The van der Waals surface area contributed by atoms with Crippen molar-refractivity contribution in [1.29, 1.82) is 0 Å². The van der Waals surface area contributed by atoms with Crippen LogP contribution in [0.25, 0.3) is 0 Å². The van der Waals surface area contributed by atoms with E-state index in [1.807, 2.05) is 6.92 Å². The van der Waals surface area contributed by atoms with Crippen molar-refractivity contribution in [2.45, 2.75) is 18.2 Å². The van der Waals surface area contributed by atoms with E-state index in [9.17, 15) is 8.42 Å². The van der Waals surface area contributed by atoms with Gasteiger partial charge in [0, 0.05) is 18.8 Å². The van der Waals surface area contributed by atoms with Crippen molar-refractivity contribution >= 4 is 38.9 Å². The molecule has 0 fully saturated rings. The highest BCUT2D eigenvalue weighted by molar-refractivity contribution is 7.89. The molecule has 0 saturated heterocycles. The Morgan fingerprint density at radius 2 is 1.89 bits per heavy atom. The number of benzene rings is 1. The van der Waals surface area contributed by atoms with Gasteiger partial charge in [-0.25, -0.2) is 8.42 Å². The number of anilines is 1. The summed E-state index contributed by atoms with van der Waals surface area (Å²) in [7, 11) is -3.76. The Bertz CT molecular complexity index is 550. The van der Waals surface area contributed by atoms with Gasteiger partial charge in [-0.3, -0.25) is 0 Å². The molecule has 0 aromatic heterocycles. The normalized spacial score (nSPS) is 11.8. The Balaban J connectivity index is 3.37. The molecule has 0 heterocycles. The number of nitrogens with two attached hydrogens (primary N) is 1. The lowest BCUT2D eigenvalue weighted by molar-refractivity contribution is 0.441. The Labute approximate surface area is 123 Å². The Morgan fingerprint density at radius 1 is 1.37 bits per heavy atom. The maximum Gasteiger partial charge on any atom is 0.246 e. The van der Waals surface area contributed by atoms with Crippen LogP contribution >= 0.6 is 23.2 Å². The summed E-state index contributed by atoms with van der Waals surface area (Å²) in [5.74, 6) is 0. The van der Waals surface area contributed by atoms with Crippen LogP contribution in [0, 0.1) is 0 Å². The van der Waals surface area contributed by atoms with E-state index in [0.29, 0.717) is 18.7 Å². The molecule has 0 unspecified atom stereocenters. The first-order valence-electron chi connectivity index (χ1n) is 5.70. The predicted molar refractivity (Wildman–Crippen MR) is 80.1 cm³/mol. The number of nitrogen functional groups attached to an aromatic ring is 1. The summed E-state index contributed by atoms with van der Waals surface area (Å²) >= 11 is 11.9. The van der Waals surface area contributed by atoms with Gasteiger partial charge in [-0.1, -0.05) is 36.2 Å². The second kappa shape index (κ2) is 6.61. The minimum Gasteiger partial charge on any atom is -0.399 e. The minimum atomic E-state index is -3.76. The van der Waals surface area contributed by atoms with Gasteiger partial charge in [0.25, 0.3) is 0 Å². The van der Waals surface area contributed by atoms with Gasteiger partial charge in [0.15, 0.2) is 0 Å². The van der Waals surface area contributed by atoms with E-state index in [1.54, 1.807) is 0 Å². The van der Waals surface area contributed by atoms with Gasteiger partial charge in [-0.05, 0) is 18.6 Å². The van der Waals surface area contributed by atoms with Crippen molar-refractivity contribution in [3.05, 3.63) is 34.8 Å².